The molecule has 1 aromatic heterocycles. The molecule has 0 radical (unpaired) electrons. The molecular formula is C42H26O. The van der Waals surface area contributed by atoms with Gasteiger partial charge in [-0.2, -0.15) is 0 Å². The van der Waals surface area contributed by atoms with Gasteiger partial charge >= 0.3 is 0 Å². The molecule has 0 unspecified atom stereocenters. The first-order chi connectivity index (χ1) is 21.3. The number of rotatable bonds is 3. The zero-order chi connectivity index (χ0) is 28.3. The minimum absolute atomic E-state index is 0.908. The smallest absolute Gasteiger partial charge is 0.136 e. The third-order valence-electron chi connectivity index (χ3n) is 8.84. The molecule has 0 aliphatic rings. The lowest BCUT2D eigenvalue weighted by atomic mass is 9.85. The zero-order valence-electron chi connectivity index (χ0n) is 23.4. The molecule has 0 bridgehead atoms. The second-order valence-electron chi connectivity index (χ2n) is 11.3. The Bertz CT molecular complexity index is 2440. The van der Waals surface area contributed by atoms with Gasteiger partial charge in [0.25, 0.3) is 0 Å². The van der Waals surface area contributed by atoms with Crippen LogP contribution in [0.2, 0.25) is 0 Å². The van der Waals surface area contributed by atoms with E-state index >= 15 is 0 Å². The summed E-state index contributed by atoms with van der Waals surface area (Å²) in [5.41, 5.74) is 9.14. The van der Waals surface area contributed by atoms with Gasteiger partial charge in [-0.3, -0.25) is 0 Å². The highest BCUT2D eigenvalue weighted by Gasteiger charge is 2.18. The Hall–Kier alpha value is -5.66. The van der Waals surface area contributed by atoms with E-state index in [0.29, 0.717) is 0 Å². The van der Waals surface area contributed by atoms with Gasteiger partial charge in [-0.1, -0.05) is 127 Å². The Morgan fingerprint density at radius 1 is 0.279 bits per heavy atom. The molecule has 43 heavy (non-hydrogen) atoms. The molecule has 0 saturated carbocycles. The summed E-state index contributed by atoms with van der Waals surface area (Å²) in [7, 11) is 0. The van der Waals surface area contributed by atoms with Crippen LogP contribution >= 0.6 is 0 Å². The highest BCUT2D eigenvalue weighted by molar-refractivity contribution is 6.22. The van der Waals surface area contributed by atoms with Gasteiger partial charge in [-0.05, 0) is 96.0 Å². The van der Waals surface area contributed by atoms with Crippen LogP contribution in [-0.4, -0.2) is 0 Å². The van der Waals surface area contributed by atoms with Gasteiger partial charge in [-0.25, -0.2) is 0 Å². The van der Waals surface area contributed by atoms with E-state index in [0.717, 1.165) is 27.5 Å². The number of benzene rings is 8. The number of furan rings is 1. The van der Waals surface area contributed by atoms with Crippen LogP contribution in [0.4, 0.5) is 0 Å². The molecule has 0 fully saturated rings. The van der Waals surface area contributed by atoms with Gasteiger partial charge in [0, 0.05) is 10.8 Å². The van der Waals surface area contributed by atoms with E-state index in [1.165, 1.54) is 60.1 Å². The largest absolute Gasteiger partial charge is 0.456 e. The molecule has 1 nitrogen and oxygen atoms in total. The van der Waals surface area contributed by atoms with Crippen molar-refractivity contribution in [1.82, 2.24) is 0 Å². The Morgan fingerprint density at radius 3 is 1.53 bits per heavy atom. The maximum atomic E-state index is 6.39. The first-order valence-electron chi connectivity index (χ1n) is 14.8. The second-order valence-corrected chi connectivity index (χ2v) is 11.3. The van der Waals surface area contributed by atoms with Gasteiger partial charge in [-0.15, -0.1) is 0 Å². The normalized spacial score (nSPS) is 11.7. The van der Waals surface area contributed by atoms with Crippen molar-refractivity contribution in [2.45, 2.75) is 0 Å². The van der Waals surface area contributed by atoms with Gasteiger partial charge in [0.05, 0.1) is 0 Å². The van der Waals surface area contributed by atoms with Crippen molar-refractivity contribution in [2.24, 2.45) is 0 Å². The molecule has 8 aromatic carbocycles. The van der Waals surface area contributed by atoms with Crippen LogP contribution in [0.3, 0.4) is 0 Å². The predicted octanol–water partition coefficient (Wildman–Crippen LogP) is 12.0. The standard InChI is InChI=1S/C42H26O/c1-2-10-27(11-3-1)30-20-22-33-38-25-32(21-23-39(38)43-40(33)26-30)42-36-16-8-6-14-34(36)41(35-15-7-9-17-37(35)42)31-19-18-28-12-4-5-13-29(28)24-31/h1-26H. The van der Waals surface area contributed by atoms with Crippen LogP contribution in [0, 0.1) is 0 Å². The molecule has 1 heteroatoms. The molecule has 200 valence electrons. The van der Waals surface area contributed by atoms with E-state index < -0.39 is 0 Å². The van der Waals surface area contributed by atoms with E-state index in [2.05, 4.69) is 152 Å². The van der Waals surface area contributed by atoms with E-state index in [4.69, 9.17) is 4.42 Å². The van der Waals surface area contributed by atoms with Crippen molar-refractivity contribution in [2.75, 3.05) is 0 Å². The third-order valence-corrected chi connectivity index (χ3v) is 8.84. The summed E-state index contributed by atoms with van der Waals surface area (Å²) in [6.45, 7) is 0. The maximum absolute atomic E-state index is 6.39. The van der Waals surface area contributed by atoms with Crippen molar-refractivity contribution in [1.29, 1.82) is 0 Å². The average molecular weight is 547 g/mol. The first kappa shape index (κ1) is 24.0. The summed E-state index contributed by atoms with van der Waals surface area (Å²) in [6, 6.07) is 56.8. The fourth-order valence-electron chi connectivity index (χ4n) is 6.84. The lowest BCUT2D eigenvalue weighted by Crippen LogP contribution is -1.91. The number of hydrogen-bond acceptors (Lipinski definition) is 1. The van der Waals surface area contributed by atoms with Crippen LogP contribution < -0.4 is 0 Å². The monoisotopic (exact) mass is 546 g/mol. The van der Waals surface area contributed by atoms with E-state index in [1.807, 2.05) is 6.07 Å². The molecule has 0 aliphatic heterocycles. The lowest BCUT2D eigenvalue weighted by molar-refractivity contribution is 0.669. The SMILES string of the molecule is c1ccc(-c2ccc3c(c2)oc2ccc(-c4c5ccccc5c(-c5ccc6ccccc6c5)c5ccccc45)cc23)cc1. The fourth-order valence-corrected chi connectivity index (χ4v) is 6.84. The Kier molecular flexibility index (Phi) is 5.27. The minimum Gasteiger partial charge on any atom is -0.456 e. The molecule has 0 spiro atoms. The number of hydrogen-bond donors (Lipinski definition) is 0. The summed E-state index contributed by atoms with van der Waals surface area (Å²) in [4.78, 5) is 0. The summed E-state index contributed by atoms with van der Waals surface area (Å²) >= 11 is 0. The van der Waals surface area contributed by atoms with Crippen LogP contribution in [0.1, 0.15) is 0 Å². The molecule has 9 aromatic rings. The van der Waals surface area contributed by atoms with Gasteiger partial charge in [0.15, 0.2) is 0 Å². The Balaban J connectivity index is 1.29. The van der Waals surface area contributed by atoms with E-state index in [9.17, 15) is 0 Å². The predicted molar refractivity (Wildman–Crippen MR) is 183 cm³/mol. The van der Waals surface area contributed by atoms with Crippen molar-refractivity contribution in [3.8, 4) is 33.4 Å². The van der Waals surface area contributed by atoms with Crippen LogP contribution in [0.15, 0.2) is 162 Å². The Labute approximate surface area is 249 Å². The second kappa shape index (κ2) is 9.44. The lowest BCUT2D eigenvalue weighted by Gasteiger charge is -2.18. The Morgan fingerprint density at radius 2 is 0.837 bits per heavy atom. The summed E-state index contributed by atoms with van der Waals surface area (Å²) in [5, 5.41) is 9.81. The molecule has 0 aliphatic carbocycles. The molecule has 9 rings (SSSR count). The van der Waals surface area contributed by atoms with E-state index in [1.54, 1.807) is 0 Å². The summed E-state index contributed by atoms with van der Waals surface area (Å²) in [5.74, 6) is 0. The minimum atomic E-state index is 0.908. The van der Waals surface area contributed by atoms with Crippen molar-refractivity contribution in [3.63, 3.8) is 0 Å². The van der Waals surface area contributed by atoms with Gasteiger partial charge in [0.2, 0.25) is 0 Å². The van der Waals surface area contributed by atoms with Crippen molar-refractivity contribution < 1.29 is 4.42 Å². The van der Waals surface area contributed by atoms with E-state index in [-0.39, 0.29) is 0 Å². The first-order valence-corrected chi connectivity index (χ1v) is 14.8. The third kappa shape index (κ3) is 3.79. The fraction of sp³-hybridized carbons (Fsp3) is 0. The van der Waals surface area contributed by atoms with Gasteiger partial charge < -0.3 is 4.42 Å². The van der Waals surface area contributed by atoms with Crippen LogP contribution in [0.25, 0.3) is 87.6 Å². The highest BCUT2D eigenvalue weighted by Crippen LogP contribution is 2.45. The maximum Gasteiger partial charge on any atom is 0.136 e. The summed E-state index contributed by atoms with van der Waals surface area (Å²) in [6.07, 6.45) is 0. The topological polar surface area (TPSA) is 13.1 Å². The van der Waals surface area contributed by atoms with Gasteiger partial charge in [0.1, 0.15) is 11.2 Å². The molecule has 0 amide bonds. The summed E-state index contributed by atoms with van der Waals surface area (Å²) < 4.78 is 6.39. The average Bonchev–Trinajstić information content (AvgIpc) is 3.44. The molecule has 0 N–H and O–H groups in total. The molecular weight excluding hydrogens is 520 g/mol. The van der Waals surface area contributed by atoms with Crippen LogP contribution in [-0.2, 0) is 0 Å². The zero-order valence-corrected chi connectivity index (χ0v) is 23.4. The van der Waals surface area contributed by atoms with Crippen LogP contribution in [0.5, 0.6) is 0 Å². The molecule has 1 heterocycles. The van der Waals surface area contributed by atoms with Crippen molar-refractivity contribution in [3.05, 3.63) is 158 Å². The van der Waals surface area contributed by atoms with Crippen molar-refractivity contribution >= 4 is 54.3 Å². The highest BCUT2D eigenvalue weighted by atomic mass is 16.3. The number of fused-ring (bicyclic) bond motifs is 6. The quantitative estimate of drug-likeness (QED) is 0.201. The molecule has 0 atom stereocenters. The molecule has 0 saturated heterocycles.